The predicted octanol–water partition coefficient (Wildman–Crippen LogP) is 7.48. The van der Waals surface area contributed by atoms with E-state index in [4.69, 9.17) is 18.9 Å². The highest BCUT2D eigenvalue weighted by molar-refractivity contribution is 5.75. The number of para-hydroxylation sites is 1. The van der Waals surface area contributed by atoms with Crippen molar-refractivity contribution in [3.63, 3.8) is 0 Å². The van der Waals surface area contributed by atoms with Gasteiger partial charge in [0.25, 0.3) is 0 Å². The molecular formula is C32H38O4. The Morgan fingerprint density at radius 3 is 1.92 bits per heavy atom. The molecule has 0 bridgehead atoms. The average molecular weight is 487 g/mol. The molecule has 2 aliphatic heterocycles. The first kappa shape index (κ1) is 24.9. The number of aryl methyl sites for hydroxylation is 1. The lowest BCUT2D eigenvalue weighted by atomic mass is 9.96. The Kier molecular flexibility index (Phi) is 8.58. The molecule has 2 heterocycles. The van der Waals surface area contributed by atoms with Gasteiger partial charge >= 0.3 is 0 Å². The molecule has 4 nitrogen and oxygen atoms in total. The first-order valence-corrected chi connectivity index (χ1v) is 13.6. The maximum Gasteiger partial charge on any atom is 0.130 e. The molecular weight excluding hydrogens is 448 g/mol. The Morgan fingerprint density at radius 2 is 1.25 bits per heavy atom. The largest absolute Gasteiger partial charge is 0.491 e. The first-order chi connectivity index (χ1) is 17.8. The highest BCUT2D eigenvalue weighted by atomic mass is 16.6. The molecule has 0 aromatic heterocycles. The van der Waals surface area contributed by atoms with Crippen LogP contribution in [0.4, 0.5) is 0 Å². The standard InChI is InChI=1S/C32H38O4/c1-2-3-4-5-6-7-9-27-10-8-11-31(32(27)36-23-30-22-35-30)26-14-12-24(13-15-26)25-16-18-28(19-17-25)33-20-29-21-34-29/h8,10-19,29-30H,2-7,9,20-23H2,1H3. The molecule has 2 unspecified atom stereocenters. The van der Waals surface area contributed by atoms with Crippen LogP contribution < -0.4 is 9.47 Å². The summed E-state index contributed by atoms with van der Waals surface area (Å²) in [6.07, 6.45) is 9.35. The Bertz CT molecular complexity index is 1080. The Morgan fingerprint density at radius 1 is 0.667 bits per heavy atom. The van der Waals surface area contributed by atoms with Crippen molar-refractivity contribution >= 4 is 0 Å². The molecule has 0 N–H and O–H groups in total. The van der Waals surface area contributed by atoms with Gasteiger partial charge in [0.2, 0.25) is 0 Å². The van der Waals surface area contributed by atoms with Crippen molar-refractivity contribution in [2.75, 3.05) is 26.4 Å². The summed E-state index contributed by atoms with van der Waals surface area (Å²) in [4.78, 5) is 0. The minimum atomic E-state index is 0.242. The van der Waals surface area contributed by atoms with Crippen LogP contribution in [0.1, 0.15) is 51.0 Å². The molecule has 5 rings (SSSR count). The van der Waals surface area contributed by atoms with Crippen molar-refractivity contribution in [3.8, 4) is 33.8 Å². The average Bonchev–Trinajstić information content (AvgIpc) is 3.85. The van der Waals surface area contributed by atoms with Gasteiger partial charge in [-0.05, 0) is 47.2 Å². The molecule has 0 amide bonds. The number of epoxide rings is 2. The van der Waals surface area contributed by atoms with Crippen molar-refractivity contribution in [1.29, 1.82) is 0 Å². The molecule has 0 spiro atoms. The van der Waals surface area contributed by atoms with Crippen LogP contribution in [-0.4, -0.2) is 38.6 Å². The molecule has 2 aliphatic rings. The zero-order chi connectivity index (χ0) is 24.6. The van der Waals surface area contributed by atoms with Gasteiger partial charge in [-0.1, -0.05) is 93.6 Å². The Hall–Kier alpha value is -2.82. The fraction of sp³-hybridized carbons (Fsp3) is 0.438. The molecule has 3 aromatic rings. The lowest BCUT2D eigenvalue weighted by Crippen LogP contribution is -2.07. The van der Waals surface area contributed by atoms with Gasteiger partial charge in [-0.2, -0.15) is 0 Å². The van der Waals surface area contributed by atoms with Crippen molar-refractivity contribution in [3.05, 3.63) is 72.3 Å². The molecule has 36 heavy (non-hydrogen) atoms. The van der Waals surface area contributed by atoms with E-state index in [0.717, 1.165) is 36.7 Å². The van der Waals surface area contributed by atoms with E-state index < -0.39 is 0 Å². The summed E-state index contributed by atoms with van der Waals surface area (Å²) in [5.74, 6) is 1.91. The van der Waals surface area contributed by atoms with E-state index in [-0.39, 0.29) is 12.2 Å². The van der Waals surface area contributed by atoms with Gasteiger partial charge < -0.3 is 18.9 Å². The van der Waals surface area contributed by atoms with Gasteiger partial charge in [0.15, 0.2) is 0 Å². The fourth-order valence-electron chi connectivity index (χ4n) is 4.56. The molecule has 2 fully saturated rings. The number of hydrogen-bond acceptors (Lipinski definition) is 4. The van der Waals surface area contributed by atoms with E-state index in [2.05, 4.69) is 61.5 Å². The van der Waals surface area contributed by atoms with Gasteiger partial charge in [-0.15, -0.1) is 0 Å². The lowest BCUT2D eigenvalue weighted by Gasteiger charge is -2.16. The molecule has 3 aromatic carbocycles. The smallest absolute Gasteiger partial charge is 0.130 e. The van der Waals surface area contributed by atoms with Crippen molar-refractivity contribution in [1.82, 2.24) is 0 Å². The zero-order valence-corrected chi connectivity index (χ0v) is 21.4. The van der Waals surface area contributed by atoms with Crippen molar-refractivity contribution in [2.45, 2.75) is 64.1 Å². The summed E-state index contributed by atoms with van der Waals surface area (Å²) in [5.41, 5.74) is 6.01. The van der Waals surface area contributed by atoms with Crippen LogP contribution >= 0.6 is 0 Å². The highest BCUT2D eigenvalue weighted by Gasteiger charge is 2.25. The molecule has 4 heteroatoms. The number of benzene rings is 3. The Balaban J connectivity index is 1.27. The number of hydrogen-bond donors (Lipinski definition) is 0. The fourth-order valence-corrected chi connectivity index (χ4v) is 4.56. The van der Waals surface area contributed by atoms with Crippen LogP contribution in [0.3, 0.4) is 0 Å². The van der Waals surface area contributed by atoms with Gasteiger partial charge in [0.05, 0.1) is 13.2 Å². The minimum Gasteiger partial charge on any atom is -0.491 e. The predicted molar refractivity (Wildman–Crippen MR) is 145 cm³/mol. The quantitative estimate of drug-likeness (QED) is 0.165. The van der Waals surface area contributed by atoms with E-state index in [9.17, 15) is 0 Å². The zero-order valence-electron chi connectivity index (χ0n) is 21.4. The second-order valence-electron chi connectivity index (χ2n) is 9.95. The summed E-state index contributed by atoms with van der Waals surface area (Å²) < 4.78 is 22.8. The number of rotatable bonds is 15. The SMILES string of the molecule is CCCCCCCCc1cccc(-c2ccc(-c3ccc(OCC4CO4)cc3)cc2)c1OCC1CO1. The van der Waals surface area contributed by atoms with Gasteiger partial charge in [0, 0.05) is 5.56 Å². The van der Waals surface area contributed by atoms with Crippen molar-refractivity contribution < 1.29 is 18.9 Å². The molecule has 0 aliphatic carbocycles. The van der Waals surface area contributed by atoms with Crippen molar-refractivity contribution in [2.24, 2.45) is 0 Å². The second-order valence-corrected chi connectivity index (χ2v) is 9.95. The third-order valence-electron chi connectivity index (χ3n) is 6.93. The maximum absolute atomic E-state index is 6.37. The van der Waals surface area contributed by atoms with Crippen LogP contribution in [0, 0.1) is 0 Å². The van der Waals surface area contributed by atoms with Gasteiger partial charge in [-0.25, -0.2) is 0 Å². The molecule has 2 atom stereocenters. The van der Waals surface area contributed by atoms with E-state index >= 15 is 0 Å². The van der Waals surface area contributed by atoms with Gasteiger partial charge in [-0.3, -0.25) is 0 Å². The first-order valence-electron chi connectivity index (χ1n) is 13.6. The van der Waals surface area contributed by atoms with E-state index in [1.165, 1.54) is 60.8 Å². The monoisotopic (exact) mass is 486 g/mol. The van der Waals surface area contributed by atoms with Crippen LogP contribution in [-0.2, 0) is 15.9 Å². The second kappa shape index (κ2) is 12.4. The maximum atomic E-state index is 6.37. The third kappa shape index (κ3) is 7.11. The van der Waals surface area contributed by atoms with E-state index in [1.807, 2.05) is 12.1 Å². The summed E-state index contributed by atoms with van der Waals surface area (Å²) >= 11 is 0. The van der Waals surface area contributed by atoms with Crippen LogP contribution in [0.2, 0.25) is 0 Å². The van der Waals surface area contributed by atoms with Crippen LogP contribution in [0.15, 0.2) is 66.7 Å². The molecule has 190 valence electrons. The van der Waals surface area contributed by atoms with Gasteiger partial charge in [0.1, 0.15) is 36.9 Å². The summed E-state index contributed by atoms with van der Waals surface area (Å²) in [6, 6.07) is 23.7. The number of ether oxygens (including phenoxy) is 4. The molecule has 0 radical (unpaired) electrons. The van der Waals surface area contributed by atoms with E-state index in [1.54, 1.807) is 0 Å². The molecule has 2 saturated heterocycles. The lowest BCUT2D eigenvalue weighted by molar-refractivity contribution is 0.262. The van der Waals surface area contributed by atoms with Crippen LogP contribution in [0.25, 0.3) is 22.3 Å². The number of unbranched alkanes of at least 4 members (excludes halogenated alkanes) is 5. The summed E-state index contributed by atoms with van der Waals surface area (Å²) in [5, 5.41) is 0. The van der Waals surface area contributed by atoms with E-state index in [0.29, 0.717) is 13.2 Å². The van der Waals surface area contributed by atoms with Crippen LogP contribution in [0.5, 0.6) is 11.5 Å². The Labute approximate surface area is 215 Å². The molecule has 0 saturated carbocycles. The third-order valence-corrected chi connectivity index (χ3v) is 6.93. The summed E-state index contributed by atoms with van der Waals surface area (Å²) in [6.45, 7) is 5.14. The highest BCUT2D eigenvalue weighted by Crippen LogP contribution is 2.36. The topological polar surface area (TPSA) is 43.5 Å². The summed E-state index contributed by atoms with van der Waals surface area (Å²) in [7, 11) is 0. The minimum absolute atomic E-state index is 0.242. The normalized spacial score (nSPS) is 18.1.